The fourth-order valence-corrected chi connectivity index (χ4v) is 2.68. The lowest BCUT2D eigenvalue weighted by atomic mass is 10.1. The molecule has 3 aromatic rings. The van der Waals surface area contributed by atoms with Gasteiger partial charge in [-0.15, -0.1) is 0 Å². The van der Waals surface area contributed by atoms with Gasteiger partial charge in [0.2, 0.25) is 6.79 Å². The monoisotopic (exact) mass is 351 g/mol. The van der Waals surface area contributed by atoms with Crippen LogP contribution in [0.2, 0.25) is 0 Å². The minimum atomic E-state index is -0.592. The number of carbonyl (C=O) groups excluding carboxylic acids is 1. The number of amides is 1. The van der Waals surface area contributed by atoms with Crippen LogP contribution in [0.25, 0.3) is 11.3 Å². The molecule has 6 nitrogen and oxygen atoms in total. The van der Waals surface area contributed by atoms with Crippen LogP contribution >= 0.6 is 0 Å². The van der Waals surface area contributed by atoms with Gasteiger partial charge in [0.1, 0.15) is 5.82 Å². The Labute approximate surface area is 148 Å². The average molecular weight is 351 g/mol. The molecule has 0 aliphatic carbocycles. The van der Waals surface area contributed by atoms with Crippen LogP contribution in [-0.2, 0) is 0 Å². The van der Waals surface area contributed by atoms with Crippen molar-refractivity contribution in [1.82, 2.24) is 9.97 Å². The molecular weight excluding hydrogens is 337 g/mol. The van der Waals surface area contributed by atoms with E-state index in [1.807, 2.05) is 19.1 Å². The molecule has 1 N–H and O–H groups in total. The van der Waals surface area contributed by atoms with Gasteiger partial charge < -0.3 is 14.8 Å². The zero-order valence-corrected chi connectivity index (χ0v) is 13.8. The van der Waals surface area contributed by atoms with Crippen molar-refractivity contribution in [2.75, 3.05) is 12.1 Å². The number of halogens is 1. The predicted molar refractivity (Wildman–Crippen MR) is 92.7 cm³/mol. The van der Waals surface area contributed by atoms with E-state index in [1.54, 1.807) is 12.3 Å². The molecule has 7 heteroatoms. The van der Waals surface area contributed by atoms with Gasteiger partial charge in [0.15, 0.2) is 17.3 Å². The normalized spacial score (nSPS) is 12.1. The number of nitrogens with one attached hydrogen (secondary N) is 1. The molecule has 0 bridgehead atoms. The van der Waals surface area contributed by atoms with Crippen molar-refractivity contribution in [2.24, 2.45) is 0 Å². The third-order valence-corrected chi connectivity index (χ3v) is 4.01. The number of hydrogen-bond donors (Lipinski definition) is 1. The van der Waals surface area contributed by atoms with Crippen LogP contribution in [0.15, 0.2) is 48.8 Å². The number of aryl methyl sites for hydroxylation is 1. The number of carbonyl (C=O) groups is 1. The quantitative estimate of drug-likeness (QED) is 0.781. The Morgan fingerprint density at radius 1 is 1.12 bits per heavy atom. The number of aromatic nitrogens is 2. The Balaban J connectivity index is 1.56. The molecule has 0 spiro atoms. The smallest absolute Gasteiger partial charge is 0.259 e. The summed E-state index contributed by atoms with van der Waals surface area (Å²) in [5.41, 5.74) is 2.40. The van der Waals surface area contributed by atoms with Gasteiger partial charge in [0.25, 0.3) is 5.91 Å². The minimum absolute atomic E-state index is 0.0509. The van der Waals surface area contributed by atoms with Crippen LogP contribution < -0.4 is 14.8 Å². The Hall–Kier alpha value is -3.48. The van der Waals surface area contributed by atoms with E-state index in [1.165, 1.54) is 24.4 Å². The molecule has 0 fully saturated rings. The number of ether oxygens (including phenoxy) is 2. The summed E-state index contributed by atoms with van der Waals surface area (Å²) >= 11 is 0. The molecule has 0 radical (unpaired) electrons. The Kier molecular flexibility index (Phi) is 3.96. The first-order valence-electron chi connectivity index (χ1n) is 7.90. The summed E-state index contributed by atoms with van der Waals surface area (Å²) in [6.07, 6.45) is 2.97. The first-order valence-corrected chi connectivity index (χ1v) is 7.90. The largest absolute Gasteiger partial charge is 0.454 e. The summed E-state index contributed by atoms with van der Waals surface area (Å²) in [5.74, 6) is 0.424. The highest BCUT2D eigenvalue weighted by molar-refractivity contribution is 6.03. The van der Waals surface area contributed by atoms with Crippen molar-refractivity contribution in [3.8, 4) is 22.8 Å². The highest BCUT2D eigenvalue weighted by Gasteiger charge is 2.17. The van der Waals surface area contributed by atoms with E-state index in [9.17, 15) is 9.18 Å². The highest BCUT2D eigenvalue weighted by Crippen LogP contribution is 2.37. The van der Waals surface area contributed by atoms with E-state index in [0.29, 0.717) is 17.2 Å². The summed E-state index contributed by atoms with van der Waals surface area (Å²) in [6, 6.07) is 9.48. The van der Waals surface area contributed by atoms with Crippen molar-refractivity contribution in [2.45, 2.75) is 6.92 Å². The fourth-order valence-electron chi connectivity index (χ4n) is 2.68. The zero-order valence-electron chi connectivity index (χ0n) is 13.8. The Morgan fingerprint density at radius 3 is 2.62 bits per heavy atom. The van der Waals surface area contributed by atoms with Gasteiger partial charge in [-0.2, -0.15) is 0 Å². The topological polar surface area (TPSA) is 73.3 Å². The van der Waals surface area contributed by atoms with Crippen LogP contribution in [0, 0.1) is 12.7 Å². The third-order valence-electron chi connectivity index (χ3n) is 4.01. The summed E-state index contributed by atoms with van der Waals surface area (Å²) in [4.78, 5) is 20.7. The van der Waals surface area contributed by atoms with Crippen LogP contribution in [0.3, 0.4) is 0 Å². The third kappa shape index (κ3) is 2.95. The summed E-state index contributed by atoms with van der Waals surface area (Å²) in [7, 11) is 0. The number of benzene rings is 2. The number of rotatable bonds is 3. The van der Waals surface area contributed by atoms with E-state index in [0.717, 1.165) is 11.1 Å². The van der Waals surface area contributed by atoms with Crippen molar-refractivity contribution < 1.29 is 18.7 Å². The Bertz CT molecular complexity index is 990. The Morgan fingerprint density at radius 2 is 1.88 bits per heavy atom. The molecule has 1 amide bonds. The molecule has 0 atom stereocenters. The van der Waals surface area contributed by atoms with Gasteiger partial charge >= 0.3 is 0 Å². The average Bonchev–Trinajstić information content (AvgIpc) is 3.09. The molecule has 1 aliphatic rings. The molecule has 1 aliphatic heterocycles. The van der Waals surface area contributed by atoms with E-state index < -0.39 is 11.7 Å². The SMILES string of the molecule is Cc1cc2c(cc1-c1cnc(NC(=O)c3ccccc3F)cn1)OCO2. The maximum atomic E-state index is 13.7. The van der Waals surface area contributed by atoms with Gasteiger partial charge in [-0.3, -0.25) is 9.78 Å². The lowest BCUT2D eigenvalue weighted by Gasteiger charge is -2.08. The summed E-state index contributed by atoms with van der Waals surface area (Å²) in [6.45, 7) is 2.14. The number of anilines is 1. The maximum Gasteiger partial charge on any atom is 0.259 e. The minimum Gasteiger partial charge on any atom is -0.454 e. The van der Waals surface area contributed by atoms with Crippen LogP contribution in [-0.4, -0.2) is 22.7 Å². The second kappa shape index (κ2) is 6.44. The zero-order chi connectivity index (χ0) is 18.1. The van der Waals surface area contributed by atoms with Gasteiger partial charge in [0.05, 0.1) is 23.7 Å². The second-order valence-corrected chi connectivity index (χ2v) is 5.74. The van der Waals surface area contributed by atoms with Crippen LogP contribution in [0.4, 0.5) is 10.2 Å². The van der Waals surface area contributed by atoms with Gasteiger partial charge in [0, 0.05) is 5.56 Å². The van der Waals surface area contributed by atoms with Gasteiger partial charge in [-0.05, 0) is 36.8 Å². The van der Waals surface area contributed by atoms with E-state index in [2.05, 4.69) is 15.3 Å². The van der Waals surface area contributed by atoms with Crippen molar-refractivity contribution >= 4 is 11.7 Å². The second-order valence-electron chi connectivity index (χ2n) is 5.74. The molecule has 130 valence electrons. The van der Waals surface area contributed by atoms with Gasteiger partial charge in [-0.1, -0.05) is 12.1 Å². The first-order chi connectivity index (χ1) is 12.6. The molecule has 0 unspecified atom stereocenters. The maximum absolute atomic E-state index is 13.7. The number of fused-ring (bicyclic) bond motifs is 1. The molecule has 0 saturated carbocycles. The van der Waals surface area contributed by atoms with Crippen molar-refractivity contribution in [3.05, 3.63) is 65.7 Å². The fraction of sp³-hybridized carbons (Fsp3) is 0.105. The molecule has 2 heterocycles. The molecule has 1 aromatic heterocycles. The molecule has 26 heavy (non-hydrogen) atoms. The first kappa shape index (κ1) is 16.0. The van der Waals surface area contributed by atoms with Crippen molar-refractivity contribution in [3.63, 3.8) is 0 Å². The van der Waals surface area contributed by atoms with E-state index in [-0.39, 0.29) is 18.2 Å². The lowest BCUT2D eigenvalue weighted by Crippen LogP contribution is -2.14. The number of nitrogens with zero attached hydrogens (tertiary/aromatic N) is 2. The van der Waals surface area contributed by atoms with Gasteiger partial charge in [-0.25, -0.2) is 9.37 Å². The van der Waals surface area contributed by atoms with E-state index in [4.69, 9.17) is 9.47 Å². The predicted octanol–water partition coefficient (Wildman–Crippen LogP) is 3.57. The lowest BCUT2D eigenvalue weighted by molar-refractivity contribution is 0.102. The molecule has 2 aromatic carbocycles. The highest BCUT2D eigenvalue weighted by atomic mass is 19.1. The van der Waals surface area contributed by atoms with E-state index >= 15 is 0 Å². The molecule has 4 rings (SSSR count). The van der Waals surface area contributed by atoms with Crippen LogP contribution in [0.5, 0.6) is 11.5 Å². The number of hydrogen-bond acceptors (Lipinski definition) is 5. The van der Waals surface area contributed by atoms with Crippen molar-refractivity contribution in [1.29, 1.82) is 0 Å². The van der Waals surface area contributed by atoms with Crippen LogP contribution in [0.1, 0.15) is 15.9 Å². The molecule has 0 saturated heterocycles. The standard InChI is InChI=1S/C19H14FN3O3/c1-11-6-16-17(26-10-25-16)7-13(11)15-8-22-18(9-21-15)23-19(24)12-4-2-3-5-14(12)20/h2-9H,10H2,1H3,(H,22,23,24). The summed E-state index contributed by atoms with van der Waals surface area (Å²) in [5, 5.41) is 2.54. The molecular formula is C19H14FN3O3. The summed E-state index contributed by atoms with van der Waals surface area (Å²) < 4.78 is 24.4.